The van der Waals surface area contributed by atoms with E-state index in [1.807, 2.05) is 41.1 Å². The van der Waals surface area contributed by atoms with Crippen molar-refractivity contribution < 1.29 is 14.7 Å². The van der Waals surface area contributed by atoms with E-state index in [9.17, 15) is 9.59 Å². The molecule has 7 nitrogen and oxygen atoms in total. The molecule has 2 N–H and O–H groups in total. The number of benzene rings is 1. The van der Waals surface area contributed by atoms with Gasteiger partial charge in [-0.1, -0.05) is 30.3 Å². The molecule has 1 aromatic heterocycles. The lowest BCUT2D eigenvalue weighted by Crippen LogP contribution is -2.38. The van der Waals surface area contributed by atoms with Gasteiger partial charge < -0.3 is 19.9 Å². The Hall–Kier alpha value is -2.83. The average molecular weight is 330 g/mol. The predicted molar refractivity (Wildman–Crippen MR) is 89.5 cm³/mol. The lowest BCUT2D eigenvalue weighted by Gasteiger charge is -2.18. The monoisotopic (exact) mass is 330 g/mol. The highest BCUT2D eigenvalue weighted by atomic mass is 16.4. The summed E-state index contributed by atoms with van der Waals surface area (Å²) < 4.78 is 2.00. The zero-order valence-electron chi connectivity index (χ0n) is 13.7. The molecule has 24 heavy (non-hydrogen) atoms. The number of carbonyl (C=O) groups is 2. The fraction of sp³-hybridized carbons (Fsp3) is 0.353. The molecule has 128 valence electrons. The molecule has 1 aromatic carbocycles. The largest absolute Gasteiger partial charge is 0.481 e. The highest BCUT2D eigenvalue weighted by Crippen LogP contribution is 2.07. The molecule has 0 aliphatic rings. The zero-order valence-corrected chi connectivity index (χ0v) is 13.7. The van der Waals surface area contributed by atoms with Crippen molar-refractivity contribution in [2.45, 2.75) is 25.9 Å². The summed E-state index contributed by atoms with van der Waals surface area (Å²) in [5.41, 5.74) is 1.16. The van der Waals surface area contributed by atoms with Crippen LogP contribution in [0.5, 0.6) is 0 Å². The lowest BCUT2D eigenvalue weighted by atomic mass is 10.2. The van der Waals surface area contributed by atoms with E-state index in [0.717, 1.165) is 11.4 Å². The van der Waals surface area contributed by atoms with E-state index in [2.05, 4.69) is 10.3 Å². The molecule has 0 aliphatic heterocycles. The first-order chi connectivity index (χ1) is 11.6. The van der Waals surface area contributed by atoms with Crippen molar-refractivity contribution in [2.24, 2.45) is 0 Å². The van der Waals surface area contributed by atoms with Crippen molar-refractivity contribution in [3.8, 4) is 0 Å². The van der Waals surface area contributed by atoms with Crippen molar-refractivity contribution in [1.29, 1.82) is 0 Å². The van der Waals surface area contributed by atoms with Crippen molar-refractivity contribution >= 4 is 12.0 Å². The minimum absolute atomic E-state index is 0.0471. The molecule has 2 aromatic rings. The van der Waals surface area contributed by atoms with Crippen LogP contribution in [0.2, 0.25) is 0 Å². The van der Waals surface area contributed by atoms with E-state index in [-0.39, 0.29) is 12.5 Å². The number of carbonyl (C=O) groups excluding carboxylic acids is 1. The second kappa shape index (κ2) is 8.71. The smallest absolute Gasteiger partial charge is 0.317 e. The molecule has 2 rings (SSSR count). The Bertz CT molecular complexity index is 669. The van der Waals surface area contributed by atoms with Gasteiger partial charge in [0.05, 0.1) is 6.54 Å². The summed E-state index contributed by atoms with van der Waals surface area (Å²) >= 11 is 0. The number of nitrogens with zero attached hydrogens (tertiary/aromatic N) is 3. The van der Waals surface area contributed by atoms with Crippen molar-refractivity contribution in [1.82, 2.24) is 19.8 Å². The number of nitrogens with one attached hydrogen (secondary N) is 1. The summed E-state index contributed by atoms with van der Waals surface area (Å²) in [6, 6.07) is 9.80. The molecule has 0 saturated heterocycles. The number of hydrogen-bond acceptors (Lipinski definition) is 3. The second-order valence-electron chi connectivity index (χ2n) is 5.54. The molecule has 0 aliphatic carbocycles. The molecule has 2 amide bonds. The molecule has 0 radical (unpaired) electrons. The number of amides is 2. The molecule has 0 atom stereocenters. The Balaban J connectivity index is 1.85. The minimum atomic E-state index is -0.861. The van der Waals surface area contributed by atoms with Crippen LogP contribution in [-0.4, -0.2) is 45.2 Å². The van der Waals surface area contributed by atoms with E-state index >= 15 is 0 Å². The quantitative estimate of drug-likeness (QED) is 0.724. The van der Waals surface area contributed by atoms with Gasteiger partial charge in [-0.2, -0.15) is 0 Å². The van der Waals surface area contributed by atoms with Gasteiger partial charge in [0.1, 0.15) is 5.82 Å². The van der Waals surface area contributed by atoms with Crippen LogP contribution in [0.25, 0.3) is 0 Å². The van der Waals surface area contributed by atoms with Crippen LogP contribution in [0.3, 0.4) is 0 Å². The Morgan fingerprint density at radius 2 is 2.04 bits per heavy atom. The topological polar surface area (TPSA) is 87.5 Å². The number of imidazole rings is 1. The van der Waals surface area contributed by atoms with Gasteiger partial charge in [0.15, 0.2) is 0 Å². The van der Waals surface area contributed by atoms with Crippen LogP contribution in [-0.2, 0) is 17.9 Å². The summed E-state index contributed by atoms with van der Waals surface area (Å²) in [5.74, 6) is -0.0671. The Labute approximate surface area is 140 Å². The van der Waals surface area contributed by atoms with Crippen molar-refractivity contribution in [3.63, 3.8) is 0 Å². The number of carboxylic acids is 1. The summed E-state index contributed by atoms with van der Waals surface area (Å²) in [6.45, 7) is 1.42. The third-order valence-corrected chi connectivity index (χ3v) is 3.57. The first kappa shape index (κ1) is 17.5. The third kappa shape index (κ3) is 5.42. The van der Waals surface area contributed by atoms with E-state index in [1.54, 1.807) is 13.2 Å². The molecular formula is C17H22N4O3. The Kier molecular flexibility index (Phi) is 6.36. The molecule has 7 heteroatoms. The highest BCUT2D eigenvalue weighted by Gasteiger charge is 2.12. The maximum absolute atomic E-state index is 12.0. The van der Waals surface area contributed by atoms with Crippen LogP contribution in [0, 0.1) is 0 Å². The Morgan fingerprint density at radius 3 is 2.75 bits per heavy atom. The average Bonchev–Trinajstić information content (AvgIpc) is 2.99. The standard InChI is InChI=1S/C17H22N4O3/c1-20(17(24)19-9-5-8-16(22)23)13-15-18-10-11-21(15)12-14-6-3-2-4-7-14/h2-4,6-7,10-11H,5,8-9,12-13H2,1H3,(H,19,24)(H,22,23). The van der Waals surface area contributed by atoms with Gasteiger partial charge in [-0.05, 0) is 12.0 Å². The van der Waals surface area contributed by atoms with Crippen LogP contribution < -0.4 is 5.32 Å². The lowest BCUT2D eigenvalue weighted by molar-refractivity contribution is -0.137. The maximum atomic E-state index is 12.0. The second-order valence-corrected chi connectivity index (χ2v) is 5.54. The highest BCUT2D eigenvalue weighted by molar-refractivity contribution is 5.73. The van der Waals surface area contributed by atoms with Crippen molar-refractivity contribution in [3.05, 3.63) is 54.1 Å². The molecular weight excluding hydrogens is 308 g/mol. The first-order valence-electron chi connectivity index (χ1n) is 7.81. The zero-order chi connectivity index (χ0) is 17.4. The van der Waals surface area contributed by atoms with Crippen LogP contribution >= 0.6 is 0 Å². The first-order valence-corrected chi connectivity index (χ1v) is 7.81. The number of aliphatic carboxylic acids is 1. The van der Waals surface area contributed by atoms with Gasteiger partial charge in [0.2, 0.25) is 0 Å². The molecule has 0 bridgehead atoms. The third-order valence-electron chi connectivity index (χ3n) is 3.57. The summed E-state index contributed by atoms with van der Waals surface area (Å²) in [7, 11) is 1.69. The van der Waals surface area contributed by atoms with Gasteiger partial charge in [0, 0.05) is 39.0 Å². The maximum Gasteiger partial charge on any atom is 0.317 e. The molecule has 1 heterocycles. The van der Waals surface area contributed by atoms with E-state index < -0.39 is 5.97 Å². The van der Waals surface area contributed by atoms with Crippen LogP contribution in [0.1, 0.15) is 24.2 Å². The van der Waals surface area contributed by atoms with E-state index in [4.69, 9.17) is 5.11 Å². The molecule has 0 fully saturated rings. The Morgan fingerprint density at radius 1 is 1.29 bits per heavy atom. The van der Waals surface area contributed by atoms with Gasteiger partial charge in [-0.3, -0.25) is 4.79 Å². The predicted octanol–water partition coefficient (Wildman–Crippen LogP) is 1.94. The molecule has 0 saturated carbocycles. The van der Waals surface area contributed by atoms with Gasteiger partial charge in [0.25, 0.3) is 0 Å². The van der Waals surface area contributed by atoms with E-state index in [1.165, 1.54) is 4.90 Å². The number of hydrogen-bond donors (Lipinski definition) is 2. The number of rotatable bonds is 8. The number of aromatic nitrogens is 2. The molecule has 0 unspecified atom stereocenters. The SMILES string of the molecule is CN(Cc1nccn1Cc1ccccc1)C(=O)NCCCC(=O)O. The fourth-order valence-electron chi connectivity index (χ4n) is 2.27. The summed E-state index contributed by atoms with van der Waals surface area (Å²) in [6.07, 6.45) is 4.07. The van der Waals surface area contributed by atoms with Gasteiger partial charge >= 0.3 is 12.0 Å². The van der Waals surface area contributed by atoms with Crippen molar-refractivity contribution in [2.75, 3.05) is 13.6 Å². The van der Waals surface area contributed by atoms with Crippen LogP contribution in [0.15, 0.2) is 42.7 Å². The van der Waals surface area contributed by atoms with Gasteiger partial charge in [-0.15, -0.1) is 0 Å². The van der Waals surface area contributed by atoms with Gasteiger partial charge in [-0.25, -0.2) is 9.78 Å². The summed E-state index contributed by atoms with van der Waals surface area (Å²) in [4.78, 5) is 28.3. The molecule has 0 spiro atoms. The fourth-order valence-corrected chi connectivity index (χ4v) is 2.27. The number of urea groups is 1. The normalized spacial score (nSPS) is 10.4. The number of carboxylic acid groups (broad SMARTS) is 1. The van der Waals surface area contributed by atoms with E-state index in [0.29, 0.717) is 26.1 Å². The summed E-state index contributed by atoms with van der Waals surface area (Å²) in [5, 5.41) is 11.3. The minimum Gasteiger partial charge on any atom is -0.481 e. The van der Waals surface area contributed by atoms with Crippen LogP contribution in [0.4, 0.5) is 4.79 Å².